The molecule has 0 saturated heterocycles. The highest BCUT2D eigenvalue weighted by atomic mass is 35.5. The van der Waals surface area contributed by atoms with Crippen LogP contribution < -0.4 is 0 Å². The summed E-state index contributed by atoms with van der Waals surface area (Å²) < 4.78 is 50.6. The lowest BCUT2D eigenvalue weighted by atomic mass is 10.1. The summed E-state index contributed by atoms with van der Waals surface area (Å²) in [6.45, 7) is 0. The van der Waals surface area contributed by atoms with Crippen molar-refractivity contribution in [3.63, 3.8) is 0 Å². The molecule has 4 rings (SSSR count). The van der Waals surface area contributed by atoms with E-state index in [1.807, 2.05) is 0 Å². The van der Waals surface area contributed by atoms with Crippen LogP contribution in [0.1, 0.15) is 20.7 Å². The molecule has 1 atom stereocenters. The van der Waals surface area contributed by atoms with Crippen molar-refractivity contribution in [3.05, 3.63) is 69.6 Å². The summed E-state index contributed by atoms with van der Waals surface area (Å²) in [5.74, 6) is -1.61. The first kappa shape index (κ1) is 17.1. The molecule has 6 nitrogen and oxygen atoms in total. The van der Waals surface area contributed by atoms with Crippen LogP contribution in [0.25, 0.3) is 0 Å². The minimum atomic E-state index is -4.26. The average molecular weight is 409 g/mol. The maximum absolute atomic E-state index is 12.7. The fraction of sp³-hybridized carbons (Fsp3) is 0.0588. The van der Waals surface area contributed by atoms with Gasteiger partial charge < -0.3 is 0 Å². The molecule has 0 saturated carbocycles. The molecule has 0 aliphatic carbocycles. The first-order chi connectivity index (χ1) is 12.2. The van der Waals surface area contributed by atoms with Crippen molar-refractivity contribution in [2.75, 3.05) is 0 Å². The molecule has 0 spiro atoms. The Morgan fingerprint density at radius 3 is 2.27 bits per heavy atom. The molecule has 0 radical (unpaired) electrons. The number of carbonyl (C=O) groups excluding carboxylic acids is 2. The van der Waals surface area contributed by atoms with E-state index >= 15 is 0 Å². The highest BCUT2D eigenvalue weighted by molar-refractivity contribution is 7.97. The summed E-state index contributed by atoms with van der Waals surface area (Å²) in [5.41, 5.74) is -0.112. The third-order valence-electron chi connectivity index (χ3n) is 4.35. The molecule has 2 heterocycles. The van der Waals surface area contributed by atoms with Crippen LogP contribution in [-0.4, -0.2) is 33.7 Å². The Morgan fingerprint density at radius 2 is 1.58 bits per heavy atom. The molecule has 9 heteroatoms. The first-order valence-corrected chi connectivity index (χ1v) is 10.7. The summed E-state index contributed by atoms with van der Waals surface area (Å²) in [4.78, 5) is 23.8. The second-order valence-electron chi connectivity index (χ2n) is 5.83. The quantitative estimate of drug-likeness (QED) is 0.670. The smallest absolute Gasteiger partial charge is 0.211 e. The molecule has 0 N–H and O–H groups in total. The van der Waals surface area contributed by atoms with Gasteiger partial charge in [0.2, 0.25) is 15.6 Å². The number of carbonyl (C=O) groups is 2. The maximum atomic E-state index is 12.7. The Hall–Kier alpha value is -2.29. The fourth-order valence-electron chi connectivity index (χ4n) is 3.10. The summed E-state index contributed by atoms with van der Waals surface area (Å²) in [5, 5.41) is -1.63. The molecule has 0 fully saturated rings. The van der Waals surface area contributed by atoms with Crippen molar-refractivity contribution >= 4 is 42.8 Å². The molecular weight excluding hydrogens is 400 g/mol. The van der Waals surface area contributed by atoms with Gasteiger partial charge in [-0.05, 0) is 30.3 Å². The predicted molar refractivity (Wildman–Crippen MR) is 92.8 cm³/mol. The summed E-state index contributed by atoms with van der Waals surface area (Å²) in [7, 11) is -8.38. The third kappa shape index (κ3) is 2.16. The van der Waals surface area contributed by atoms with Crippen molar-refractivity contribution in [2.24, 2.45) is 0 Å². The molecule has 0 aromatic heterocycles. The minimum absolute atomic E-state index is 0.0160. The van der Waals surface area contributed by atoms with Gasteiger partial charge in [-0.15, -0.1) is 0 Å². The van der Waals surface area contributed by atoms with E-state index in [0.717, 1.165) is 12.1 Å². The van der Waals surface area contributed by atoms with Gasteiger partial charge in [0.25, 0.3) is 0 Å². The zero-order valence-corrected chi connectivity index (χ0v) is 15.2. The van der Waals surface area contributed by atoms with E-state index in [9.17, 15) is 26.4 Å². The summed E-state index contributed by atoms with van der Waals surface area (Å²) in [6, 6.07) is 9.37. The van der Waals surface area contributed by atoms with E-state index in [0.29, 0.717) is 0 Å². The van der Waals surface area contributed by atoms with Crippen molar-refractivity contribution in [1.29, 1.82) is 0 Å². The van der Waals surface area contributed by atoms with Gasteiger partial charge in [0.15, 0.2) is 15.6 Å². The number of fused-ring (bicyclic) bond motifs is 2. The molecule has 132 valence electrons. The first-order valence-electron chi connectivity index (χ1n) is 7.34. The Kier molecular flexibility index (Phi) is 3.53. The minimum Gasteiger partial charge on any atom is -0.292 e. The second kappa shape index (κ2) is 5.35. The van der Waals surface area contributed by atoms with Crippen LogP contribution >= 0.6 is 11.6 Å². The third-order valence-corrected chi connectivity index (χ3v) is 8.39. The molecule has 0 bridgehead atoms. The van der Waals surface area contributed by atoms with E-state index in [2.05, 4.69) is 0 Å². The lowest BCUT2D eigenvalue weighted by molar-refractivity contribution is 0.100. The Labute approximate surface area is 153 Å². The second-order valence-corrected chi connectivity index (χ2v) is 10.2. The van der Waals surface area contributed by atoms with E-state index in [4.69, 9.17) is 11.6 Å². The summed E-state index contributed by atoms with van der Waals surface area (Å²) >= 11 is 5.80. The van der Waals surface area contributed by atoms with Crippen LogP contribution in [-0.2, 0) is 19.7 Å². The fourth-order valence-corrected chi connectivity index (χ4v) is 6.80. The van der Waals surface area contributed by atoms with Gasteiger partial charge in [0.05, 0.1) is 9.79 Å². The van der Waals surface area contributed by atoms with Gasteiger partial charge in [0, 0.05) is 16.1 Å². The Balaban J connectivity index is 1.92. The zero-order chi connectivity index (χ0) is 18.9. The lowest BCUT2D eigenvalue weighted by Gasteiger charge is -2.04. The number of halogens is 1. The molecule has 2 aliphatic heterocycles. The number of ketones is 2. The lowest BCUT2D eigenvalue weighted by Crippen LogP contribution is -2.22. The highest BCUT2D eigenvalue weighted by Crippen LogP contribution is 2.38. The van der Waals surface area contributed by atoms with Crippen LogP contribution in [0, 0.1) is 0 Å². The van der Waals surface area contributed by atoms with Crippen LogP contribution in [0.15, 0.2) is 63.2 Å². The van der Waals surface area contributed by atoms with E-state index in [1.165, 1.54) is 36.4 Å². The van der Waals surface area contributed by atoms with Gasteiger partial charge in [0.1, 0.15) is 10.2 Å². The number of hydrogen-bond donors (Lipinski definition) is 0. The number of allylic oxidation sites excluding steroid dienone is 1. The Morgan fingerprint density at radius 1 is 0.885 bits per heavy atom. The molecule has 26 heavy (non-hydrogen) atoms. The van der Waals surface area contributed by atoms with E-state index in [1.54, 1.807) is 0 Å². The van der Waals surface area contributed by atoms with Crippen LogP contribution in [0.3, 0.4) is 0 Å². The van der Waals surface area contributed by atoms with Crippen molar-refractivity contribution in [3.8, 4) is 0 Å². The van der Waals surface area contributed by atoms with Crippen LogP contribution in [0.5, 0.6) is 0 Å². The van der Waals surface area contributed by atoms with Gasteiger partial charge in [-0.1, -0.05) is 29.8 Å². The standard InChI is InChI=1S/C17H9ClO6S2/c18-9-5-6-11-13(7-9)26(23,24)15(17(11)20)8-14-16(19)10-3-1-2-4-12(10)25(14,21)22/h1-8,14H. The van der Waals surface area contributed by atoms with Gasteiger partial charge in [-0.2, -0.15) is 0 Å². The van der Waals surface area contributed by atoms with Crippen LogP contribution in [0.4, 0.5) is 0 Å². The largest absolute Gasteiger partial charge is 0.292 e. The summed E-state index contributed by atoms with van der Waals surface area (Å²) in [6.07, 6.45) is 0.739. The van der Waals surface area contributed by atoms with Gasteiger partial charge in [-0.3, -0.25) is 9.59 Å². The van der Waals surface area contributed by atoms with Crippen molar-refractivity contribution in [1.82, 2.24) is 0 Å². The molecule has 2 aliphatic rings. The number of hydrogen-bond acceptors (Lipinski definition) is 6. The highest BCUT2D eigenvalue weighted by Gasteiger charge is 2.46. The topological polar surface area (TPSA) is 102 Å². The van der Waals surface area contributed by atoms with Crippen LogP contribution in [0.2, 0.25) is 5.02 Å². The zero-order valence-electron chi connectivity index (χ0n) is 12.8. The Bertz CT molecular complexity index is 1260. The monoisotopic (exact) mass is 408 g/mol. The number of rotatable bonds is 1. The SMILES string of the molecule is O=C1C(=CC2C(=O)c3ccccc3S2(=O)=O)S(=O)(=O)c2cc(Cl)ccc21. The molecular formula is C17H9ClO6S2. The van der Waals surface area contributed by atoms with E-state index < -0.39 is 41.4 Å². The maximum Gasteiger partial charge on any atom is 0.211 e. The van der Waals surface area contributed by atoms with Gasteiger partial charge >= 0.3 is 0 Å². The van der Waals surface area contributed by atoms with E-state index in [-0.39, 0.29) is 25.9 Å². The molecule has 2 aromatic carbocycles. The molecule has 0 amide bonds. The normalized spacial score (nSPS) is 23.9. The number of benzene rings is 2. The van der Waals surface area contributed by atoms with Crippen molar-refractivity contribution in [2.45, 2.75) is 15.0 Å². The van der Waals surface area contributed by atoms with Crippen molar-refractivity contribution < 1.29 is 26.4 Å². The number of Topliss-reactive ketones (excluding diaryl/α,β-unsaturated/α-hetero) is 2. The molecule has 2 aromatic rings. The average Bonchev–Trinajstić information content (AvgIpc) is 2.90. The molecule has 1 unspecified atom stereocenters. The number of sulfone groups is 2. The predicted octanol–water partition coefficient (Wildman–Crippen LogP) is 2.23. The van der Waals surface area contributed by atoms with Gasteiger partial charge in [-0.25, -0.2) is 16.8 Å².